The molecule has 0 amide bonds. The maximum Gasteiger partial charge on any atom is 0.0570 e. The van der Waals surface area contributed by atoms with Gasteiger partial charge >= 0.3 is 0 Å². The lowest BCUT2D eigenvalue weighted by Crippen LogP contribution is -2.42. The van der Waals surface area contributed by atoms with Crippen LogP contribution in [0.15, 0.2) is 0 Å². The van der Waals surface area contributed by atoms with Gasteiger partial charge in [0.2, 0.25) is 0 Å². The van der Waals surface area contributed by atoms with Crippen LogP contribution in [0.25, 0.3) is 0 Å². The molecule has 1 aliphatic rings. The van der Waals surface area contributed by atoms with Crippen molar-refractivity contribution in [2.75, 3.05) is 0 Å². The topological polar surface area (TPSA) is 23.5 Å². The summed E-state index contributed by atoms with van der Waals surface area (Å²) in [6.07, 6.45) is 1.77. The molecule has 1 saturated heterocycles. The summed E-state index contributed by atoms with van der Waals surface area (Å²) < 4.78 is 2.30. The highest BCUT2D eigenvalue weighted by Crippen LogP contribution is 2.25. The van der Waals surface area contributed by atoms with Crippen LogP contribution in [0.3, 0.4) is 0 Å². The molecule has 0 aromatic rings. The zero-order chi connectivity index (χ0) is 7.72. The van der Waals surface area contributed by atoms with Gasteiger partial charge in [0.25, 0.3) is 0 Å². The van der Waals surface area contributed by atoms with Crippen molar-refractivity contribution in [3.8, 4) is 0 Å². The molecule has 0 saturated carbocycles. The van der Waals surface area contributed by atoms with Crippen LogP contribution in [0.2, 0.25) is 0 Å². The molecule has 2 unspecified atom stereocenters. The number of halogens is 1. The first-order valence-corrected chi connectivity index (χ1v) is 4.70. The van der Waals surface area contributed by atoms with E-state index in [-0.39, 0.29) is 6.10 Å². The Morgan fingerprint density at radius 1 is 1.30 bits per heavy atom. The quantitative estimate of drug-likeness (QED) is 0.524. The minimum Gasteiger partial charge on any atom is -0.393 e. The minimum atomic E-state index is -0.0731. The van der Waals surface area contributed by atoms with E-state index >= 15 is 0 Å². The molecular formula is C7H14INO. The van der Waals surface area contributed by atoms with Crippen LogP contribution >= 0.6 is 22.9 Å². The lowest BCUT2D eigenvalue weighted by Gasteiger charge is -2.36. The summed E-state index contributed by atoms with van der Waals surface area (Å²) in [5, 5.41) is 9.34. The summed E-state index contributed by atoms with van der Waals surface area (Å²) in [5.41, 5.74) is 0. The second kappa shape index (κ2) is 3.36. The Morgan fingerprint density at radius 2 is 1.70 bits per heavy atom. The highest BCUT2D eigenvalue weighted by atomic mass is 127. The number of nitrogens with zero attached hydrogens (tertiary/aromatic N) is 1. The lowest BCUT2D eigenvalue weighted by atomic mass is 9.98. The molecule has 1 fully saturated rings. The number of rotatable bonds is 0. The van der Waals surface area contributed by atoms with Crippen molar-refractivity contribution in [2.24, 2.45) is 0 Å². The molecule has 3 heteroatoms. The van der Waals surface area contributed by atoms with Gasteiger partial charge in [0.05, 0.1) is 6.10 Å². The molecule has 2 atom stereocenters. The van der Waals surface area contributed by atoms with E-state index in [0.717, 1.165) is 12.8 Å². The molecule has 1 heterocycles. The highest BCUT2D eigenvalue weighted by molar-refractivity contribution is 14.1. The Balaban J connectivity index is 2.49. The lowest BCUT2D eigenvalue weighted by molar-refractivity contribution is 0.0716. The maximum atomic E-state index is 9.34. The van der Waals surface area contributed by atoms with Gasteiger partial charge in [-0.2, -0.15) is 0 Å². The van der Waals surface area contributed by atoms with Gasteiger partial charge in [-0.05, 0) is 26.7 Å². The number of aliphatic hydroxyl groups excluding tert-OH is 1. The molecule has 10 heavy (non-hydrogen) atoms. The Bertz CT molecular complexity index is 108. The van der Waals surface area contributed by atoms with E-state index in [1.54, 1.807) is 0 Å². The van der Waals surface area contributed by atoms with E-state index in [2.05, 4.69) is 39.8 Å². The Hall–Kier alpha value is 0.650. The van der Waals surface area contributed by atoms with Crippen molar-refractivity contribution in [1.29, 1.82) is 0 Å². The predicted molar refractivity (Wildman–Crippen MR) is 50.0 cm³/mol. The van der Waals surface area contributed by atoms with Gasteiger partial charge in [-0.1, -0.05) is 0 Å². The van der Waals surface area contributed by atoms with Gasteiger partial charge in [0, 0.05) is 34.9 Å². The molecule has 60 valence electrons. The predicted octanol–water partition coefficient (Wildman–Crippen LogP) is 1.57. The summed E-state index contributed by atoms with van der Waals surface area (Å²) >= 11 is 2.34. The summed E-state index contributed by atoms with van der Waals surface area (Å²) in [4.78, 5) is 0. The summed E-state index contributed by atoms with van der Waals surface area (Å²) in [6.45, 7) is 4.32. The van der Waals surface area contributed by atoms with Crippen molar-refractivity contribution in [2.45, 2.75) is 44.9 Å². The third kappa shape index (κ3) is 1.83. The van der Waals surface area contributed by atoms with Gasteiger partial charge in [0.15, 0.2) is 0 Å². The number of hydrogen-bond donors (Lipinski definition) is 1. The van der Waals surface area contributed by atoms with Crippen molar-refractivity contribution in [3.05, 3.63) is 0 Å². The first kappa shape index (κ1) is 8.74. The number of aliphatic hydroxyl groups is 1. The van der Waals surface area contributed by atoms with E-state index in [4.69, 9.17) is 0 Å². The largest absolute Gasteiger partial charge is 0.393 e. The van der Waals surface area contributed by atoms with Crippen molar-refractivity contribution >= 4 is 22.9 Å². The monoisotopic (exact) mass is 255 g/mol. The molecular weight excluding hydrogens is 241 g/mol. The third-order valence-corrected chi connectivity index (χ3v) is 3.97. The van der Waals surface area contributed by atoms with Crippen LogP contribution in [0.1, 0.15) is 26.7 Å². The summed E-state index contributed by atoms with van der Waals surface area (Å²) in [5.74, 6) is 0. The maximum absolute atomic E-state index is 9.34. The van der Waals surface area contributed by atoms with E-state index < -0.39 is 0 Å². The fourth-order valence-corrected chi connectivity index (χ4v) is 1.97. The van der Waals surface area contributed by atoms with Gasteiger partial charge in [-0.15, -0.1) is 0 Å². The fourth-order valence-electron chi connectivity index (χ4n) is 1.52. The van der Waals surface area contributed by atoms with Gasteiger partial charge in [-0.3, -0.25) is 0 Å². The van der Waals surface area contributed by atoms with Gasteiger partial charge in [0.1, 0.15) is 0 Å². The fraction of sp³-hybridized carbons (Fsp3) is 1.00. The smallest absolute Gasteiger partial charge is 0.0570 e. The Morgan fingerprint density at radius 3 is 2.10 bits per heavy atom. The first-order valence-electron chi connectivity index (χ1n) is 3.73. The molecule has 1 rings (SSSR count). The van der Waals surface area contributed by atoms with Gasteiger partial charge in [-0.25, -0.2) is 3.11 Å². The third-order valence-electron chi connectivity index (χ3n) is 2.07. The molecule has 0 bridgehead atoms. The van der Waals surface area contributed by atoms with Crippen molar-refractivity contribution < 1.29 is 5.11 Å². The average molecular weight is 255 g/mol. The SMILES string of the molecule is CC1CC(O)CC(C)N1I. The van der Waals surface area contributed by atoms with Crippen molar-refractivity contribution in [3.63, 3.8) is 0 Å². The Labute approximate surface area is 76.1 Å². The van der Waals surface area contributed by atoms with E-state index in [9.17, 15) is 5.11 Å². The zero-order valence-electron chi connectivity index (χ0n) is 6.42. The average Bonchev–Trinajstić information content (AvgIpc) is 1.82. The number of hydrogen-bond acceptors (Lipinski definition) is 2. The Kier molecular flexibility index (Phi) is 2.94. The molecule has 1 N–H and O–H groups in total. The van der Waals surface area contributed by atoms with E-state index in [0.29, 0.717) is 12.1 Å². The molecule has 2 nitrogen and oxygen atoms in total. The highest BCUT2D eigenvalue weighted by Gasteiger charge is 2.27. The van der Waals surface area contributed by atoms with Gasteiger partial charge < -0.3 is 5.11 Å². The zero-order valence-corrected chi connectivity index (χ0v) is 8.58. The number of piperidine rings is 1. The summed E-state index contributed by atoms with van der Waals surface area (Å²) in [7, 11) is 0. The summed E-state index contributed by atoms with van der Waals surface area (Å²) in [6, 6.07) is 1.05. The molecule has 0 aliphatic carbocycles. The van der Waals surface area contributed by atoms with Crippen LogP contribution in [-0.2, 0) is 0 Å². The van der Waals surface area contributed by atoms with Crippen LogP contribution < -0.4 is 0 Å². The van der Waals surface area contributed by atoms with E-state index in [1.807, 2.05) is 0 Å². The van der Waals surface area contributed by atoms with Crippen LogP contribution in [0.5, 0.6) is 0 Å². The second-order valence-electron chi connectivity index (χ2n) is 3.17. The van der Waals surface area contributed by atoms with Crippen LogP contribution in [0, 0.1) is 0 Å². The minimum absolute atomic E-state index is 0.0731. The van der Waals surface area contributed by atoms with Crippen molar-refractivity contribution in [1.82, 2.24) is 3.11 Å². The molecule has 0 aromatic heterocycles. The second-order valence-corrected chi connectivity index (χ2v) is 4.28. The molecule has 0 spiro atoms. The molecule has 0 aromatic carbocycles. The van der Waals surface area contributed by atoms with Crippen LogP contribution in [-0.4, -0.2) is 26.4 Å². The van der Waals surface area contributed by atoms with E-state index in [1.165, 1.54) is 0 Å². The molecule has 1 aliphatic heterocycles. The normalized spacial score (nSPS) is 43.8. The molecule has 0 radical (unpaired) electrons. The first-order chi connectivity index (χ1) is 4.61. The standard InChI is InChI=1S/C7H14INO/c1-5-3-7(10)4-6(2)9(5)8/h5-7,10H,3-4H2,1-2H3. The van der Waals surface area contributed by atoms with Crippen LogP contribution in [0.4, 0.5) is 0 Å².